The topological polar surface area (TPSA) is 73.9 Å². The molecule has 0 aromatic heterocycles. The van der Waals surface area contributed by atoms with Crippen LogP contribution in [0.5, 0.6) is 11.5 Å². The van der Waals surface area contributed by atoms with Gasteiger partial charge in [0.15, 0.2) is 17.6 Å². The molecule has 1 aliphatic heterocycles. The van der Waals surface area contributed by atoms with Gasteiger partial charge in [0, 0.05) is 6.04 Å². The molecule has 2 atom stereocenters. The molecule has 1 aliphatic rings. The molecule has 1 N–H and O–H groups in total. The quantitative estimate of drug-likeness (QED) is 0.744. The molecule has 0 unspecified atom stereocenters. The van der Waals surface area contributed by atoms with E-state index in [-0.39, 0.29) is 11.9 Å². The van der Waals surface area contributed by atoms with Crippen molar-refractivity contribution in [3.8, 4) is 11.5 Å². The maximum Gasteiger partial charge on any atom is 0.339 e. The summed E-state index contributed by atoms with van der Waals surface area (Å²) in [5, 5.41) is 2.90. The molecule has 0 spiro atoms. The van der Waals surface area contributed by atoms with Crippen molar-refractivity contribution in [2.45, 2.75) is 38.8 Å². The van der Waals surface area contributed by atoms with Crippen LogP contribution >= 0.6 is 0 Å². The Bertz CT molecular complexity index is 821. The van der Waals surface area contributed by atoms with E-state index in [1.54, 1.807) is 25.1 Å². The van der Waals surface area contributed by atoms with Gasteiger partial charge in [-0.2, -0.15) is 0 Å². The predicted octanol–water partition coefficient (Wildman–Crippen LogP) is 3.14. The van der Waals surface area contributed by atoms with Gasteiger partial charge in [0.1, 0.15) is 13.2 Å². The van der Waals surface area contributed by atoms with Gasteiger partial charge in [-0.05, 0) is 50.5 Å². The molecule has 0 saturated carbocycles. The fourth-order valence-corrected chi connectivity index (χ4v) is 2.91. The van der Waals surface area contributed by atoms with Gasteiger partial charge >= 0.3 is 5.97 Å². The minimum Gasteiger partial charge on any atom is -0.486 e. The maximum absolute atomic E-state index is 12.3. The number of ether oxygens (including phenoxy) is 3. The van der Waals surface area contributed by atoms with Crippen molar-refractivity contribution in [1.82, 2.24) is 5.32 Å². The third-order valence-electron chi connectivity index (χ3n) is 4.53. The molecule has 0 aliphatic carbocycles. The summed E-state index contributed by atoms with van der Waals surface area (Å²) < 4.78 is 16.2. The van der Waals surface area contributed by atoms with Crippen LogP contribution in [0.1, 0.15) is 36.2 Å². The van der Waals surface area contributed by atoms with Gasteiger partial charge < -0.3 is 19.5 Å². The number of amides is 1. The molecule has 3 rings (SSSR count). The third-order valence-corrected chi connectivity index (χ3v) is 4.53. The van der Waals surface area contributed by atoms with Gasteiger partial charge in [0.2, 0.25) is 0 Å². The van der Waals surface area contributed by atoms with E-state index in [0.29, 0.717) is 30.3 Å². The molecule has 0 fully saturated rings. The number of carbonyl (C=O) groups excluding carboxylic acids is 2. The second-order valence-electron chi connectivity index (χ2n) is 6.84. The van der Waals surface area contributed by atoms with E-state index in [0.717, 1.165) is 12.8 Å². The standard InChI is InChI=1S/C22H25NO5/c1-15(8-9-17-6-4-3-5-7-17)23-21(24)16(2)28-22(25)18-10-11-19-20(14-18)27-13-12-26-19/h3-7,10-11,14-16H,8-9,12-13H2,1-2H3,(H,23,24)/t15-,16+/m1/s1. The highest BCUT2D eigenvalue weighted by atomic mass is 16.6. The fraction of sp³-hybridized carbons (Fsp3) is 0.364. The minimum absolute atomic E-state index is 0.0249. The summed E-state index contributed by atoms with van der Waals surface area (Å²) in [6, 6.07) is 14.9. The third kappa shape index (κ3) is 5.25. The van der Waals surface area contributed by atoms with Crippen LogP contribution in [0.15, 0.2) is 48.5 Å². The summed E-state index contributed by atoms with van der Waals surface area (Å²) in [6.07, 6.45) is 0.784. The van der Waals surface area contributed by atoms with Crippen LogP contribution in [-0.4, -0.2) is 37.2 Å². The molecular weight excluding hydrogens is 358 g/mol. The SMILES string of the molecule is C[C@H](CCc1ccccc1)NC(=O)[C@H](C)OC(=O)c1ccc2c(c1)OCCO2. The van der Waals surface area contributed by atoms with E-state index in [4.69, 9.17) is 14.2 Å². The molecule has 0 bridgehead atoms. The number of rotatable bonds is 7. The van der Waals surface area contributed by atoms with E-state index in [1.807, 2.05) is 25.1 Å². The zero-order chi connectivity index (χ0) is 19.9. The number of benzene rings is 2. The minimum atomic E-state index is -0.889. The van der Waals surface area contributed by atoms with E-state index in [2.05, 4.69) is 17.4 Å². The molecule has 0 radical (unpaired) electrons. The van der Waals surface area contributed by atoms with Crippen molar-refractivity contribution in [3.63, 3.8) is 0 Å². The summed E-state index contributed by atoms with van der Waals surface area (Å²) in [6.45, 7) is 4.42. The lowest BCUT2D eigenvalue weighted by atomic mass is 10.1. The highest BCUT2D eigenvalue weighted by molar-refractivity contribution is 5.92. The Morgan fingerprint density at radius 2 is 1.75 bits per heavy atom. The molecule has 1 heterocycles. The van der Waals surface area contributed by atoms with E-state index >= 15 is 0 Å². The lowest BCUT2D eigenvalue weighted by Crippen LogP contribution is -2.41. The first-order valence-corrected chi connectivity index (χ1v) is 9.48. The highest BCUT2D eigenvalue weighted by Crippen LogP contribution is 2.31. The van der Waals surface area contributed by atoms with Gasteiger partial charge in [-0.25, -0.2) is 4.79 Å². The smallest absolute Gasteiger partial charge is 0.339 e. The first-order valence-electron chi connectivity index (χ1n) is 9.48. The van der Waals surface area contributed by atoms with Crippen LogP contribution in [0.3, 0.4) is 0 Å². The number of fused-ring (bicyclic) bond motifs is 1. The van der Waals surface area contributed by atoms with Crippen molar-refractivity contribution in [2.75, 3.05) is 13.2 Å². The molecule has 0 saturated heterocycles. The number of hydrogen-bond acceptors (Lipinski definition) is 5. The van der Waals surface area contributed by atoms with Crippen molar-refractivity contribution < 1.29 is 23.8 Å². The second kappa shape index (κ2) is 9.26. The van der Waals surface area contributed by atoms with E-state index in [1.165, 1.54) is 5.56 Å². The zero-order valence-electron chi connectivity index (χ0n) is 16.1. The largest absolute Gasteiger partial charge is 0.486 e. The molecular formula is C22H25NO5. The lowest BCUT2D eigenvalue weighted by molar-refractivity contribution is -0.129. The number of nitrogens with one attached hydrogen (secondary N) is 1. The Labute approximate surface area is 164 Å². The molecule has 28 heavy (non-hydrogen) atoms. The molecule has 148 valence electrons. The van der Waals surface area contributed by atoms with Crippen LogP contribution in [0.4, 0.5) is 0 Å². The summed E-state index contributed by atoms with van der Waals surface area (Å²) in [4.78, 5) is 24.7. The Hall–Kier alpha value is -3.02. The normalized spacial score (nSPS) is 14.6. The van der Waals surface area contributed by atoms with Gasteiger partial charge in [-0.1, -0.05) is 30.3 Å². The van der Waals surface area contributed by atoms with Crippen molar-refractivity contribution in [2.24, 2.45) is 0 Å². The number of hydrogen-bond donors (Lipinski definition) is 1. The highest BCUT2D eigenvalue weighted by Gasteiger charge is 2.22. The first-order chi connectivity index (χ1) is 13.5. The van der Waals surface area contributed by atoms with Crippen molar-refractivity contribution in [1.29, 1.82) is 0 Å². The second-order valence-corrected chi connectivity index (χ2v) is 6.84. The monoisotopic (exact) mass is 383 g/mol. The van der Waals surface area contributed by atoms with Crippen LogP contribution in [0, 0.1) is 0 Å². The Kier molecular flexibility index (Phi) is 6.53. The Morgan fingerprint density at radius 3 is 2.50 bits per heavy atom. The molecule has 6 heteroatoms. The van der Waals surface area contributed by atoms with Crippen LogP contribution in [0.25, 0.3) is 0 Å². The van der Waals surface area contributed by atoms with Gasteiger partial charge in [0.05, 0.1) is 5.56 Å². The van der Waals surface area contributed by atoms with Gasteiger partial charge in [0.25, 0.3) is 5.91 Å². The first kappa shape index (κ1) is 19.7. The summed E-state index contributed by atoms with van der Waals surface area (Å²) in [5.74, 6) is 0.219. The average Bonchev–Trinajstić information content (AvgIpc) is 2.72. The number of esters is 1. The average molecular weight is 383 g/mol. The van der Waals surface area contributed by atoms with Crippen LogP contribution in [-0.2, 0) is 16.0 Å². The fourth-order valence-electron chi connectivity index (χ4n) is 2.91. The lowest BCUT2D eigenvalue weighted by Gasteiger charge is -2.20. The number of aryl methyl sites for hydroxylation is 1. The summed E-state index contributed by atoms with van der Waals surface area (Å²) in [5.41, 5.74) is 1.54. The Morgan fingerprint density at radius 1 is 1.04 bits per heavy atom. The van der Waals surface area contributed by atoms with E-state index in [9.17, 15) is 9.59 Å². The molecule has 2 aromatic carbocycles. The van der Waals surface area contributed by atoms with Crippen molar-refractivity contribution >= 4 is 11.9 Å². The molecule has 1 amide bonds. The summed E-state index contributed by atoms with van der Waals surface area (Å²) in [7, 11) is 0. The maximum atomic E-state index is 12.3. The van der Waals surface area contributed by atoms with Gasteiger partial charge in [-0.3, -0.25) is 4.79 Å². The van der Waals surface area contributed by atoms with Crippen molar-refractivity contribution in [3.05, 3.63) is 59.7 Å². The zero-order valence-corrected chi connectivity index (χ0v) is 16.1. The van der Waals surface area contributed by atoms with Crippen LogP contribution in [0.2, 0.25) is 0 Å². The molecule has 6 nitrogen and oxygen atoms in total. The number of carbonyl (C=O) groups is 2. The van der Waals surface area contributed by atoms with E-state index < -0.39 is 12.1 Å². The summed E-state index contributed by atoms with van der Waals surface area (Å²) >= 11 is 0. The van der Waals surface area contributed by atoms with Gasteiger partial charge in [-0.15, -0.1) is 0 Å². The molecule has 2 aromatic rings. The predicted molar refractivity (Wildman–Crippen MR) is 105 cm³/mol. The Balaban J connectivity index is 1.48. The van der Waals surface area contributed by atoms with Crippen LogP contribution < -0.4 is 14.8 Å².